The minimum Gasteiger partial charge on any atom is -0.497 e. The number of rotatable bonds is 7. The fourth-order valence-electron chi connectivity index (χ4n) is 2.18. The summed E-state index contributed by atoms with van der Waals surface area (Å²) < 4.78 is 5.06. The van der Waals surface area contributed by atoms with E-state index in [0.29, 0.717) is 21.5 Å². The van der Waals surface area contributed by atoms with Gasteiger partial charge in [0.2, 0.25) is 11.0 Å². The zero-order valence-corrected chi connectivity index (χ0v) is 15.8. The number of nitrogens with one attached hydrogen (secondary N) is 2. The van der Waals surface area contributed by atoms with E-state index in [4.69, 9.17) is 4.74 Å². The monoisotopic (exact) mass is 395 g/mol. The number of nitrogens with zero attached hydrogens (tertiary/aromatic N) is 3. The summed E-state index contributed by atoms with van der Waals surface area (Å²) in [5.41, 5.74) is 3.78. The molecule has 28 heavy (non-hydrogen) atoms. The van der Waals surface area contributed by atoms with E-state index in [9.17, 15) is 9.59 Å². The van der Waals surface area contributed by atoms with Crippen molar-refractivity contribution in [2.45, 2.75) is 6.42 Å². The predicted molar refractivity (Wildman–Crippen MR) is 107 cm³/mol. The molecule has 2 amide bonds. The number of benzene rings is 2. The summed E-state index contributed by atoms with van der Waals surface area (Å²) in [6.45, 7) is 0. The summed E-state index contributed by atoms with van der Waals surface area (Å²) in [5, 5.41) is 15.1. The van der Waals surface area contributed by atoms with E-state index in [1.165, 1.54) is 0 Å². The molecule has 0 aliphatic heterocycles. The molecule has 0 radical (unpaired) electrons. The Labute approximate surface area is 165 Å². The number of hydrogen-bond donors (Lipinski definition) is 2. The average Bonchev–Trinajstić information content (AvgIpc) is 3.15. The minimum atomic E-state index is -0.323. The van der Waals surface area contributed by atoms with Gasteiger partial charge < -0.3 is 4.74 Å². The zero-order valence-electron chi connectivity index (χ0n) is 15.0. The molecule has 3 aromatic rings. The Morgan fingerprint density at radius 1 is 1.11 bits per heavy atom. The predicted octanol–water partition coefficient (Wildman–Crippen LogP) is 2.49. The molecule has 0 atom stereocenters. The number of carbonyl (C=O) groups is 2. The van der Waals surface area contributed by atoms with Crippen LogP contribution in [-0.2, 0) is 11.2 Å². The van der Waals surface area contributed by atoms with Crippen molar-refractivity contribution in [3.05, 3.63) is 70.7 Å². The number of methoxy groups -OCH3 is 1. The lowest BCUT2D eigenvalue weighted by Gasteiger charge is -2.02. The van der Waals surface area contributed by atoms with Crippen LogP contribution in [0.5, 0.6) is 5.75 Å². The lowest BCUT2D eigenvalue weighted by molar-refractivity contribution is -0.120. The number of hydrogen-bond acceptors (Lipinski definition) is 7. The van der Waals surface area contributed by atoms with Crippen molar-refractivity contribution in [2.75, 3.05) is 12.4 Å². The van der Waals surface area contributed by atoms with Crippen LogP contribution < -0.4 is 15.5 Å². The summed E-state index contributed by atoms with van der Waals surface area (Å²) in [6, 6.07) is 16.1. The Bertz CT molecular complexity index is 971. The molecule has 0 spiro atoms. The van der Waals surface area contributed by atoms with E-state index in [0.717, 1.165) is 16.9 Å². The van der Waals surface area contributed by atoms with Gasteiger partial charge in [0.15, 0.2) is 0 Å². The molecule has 2 aromatic carbocycles. The third-order valence-corrected chi connectivity index (χ3v) is 4.39. The van der Waals surface area contributed by atoms with Gasteiger partial charge in [-0.2, -0.15) is 5.10 Å². The Hall–Kier alpha value is -3.59. The standard InChI is InChI=1S/C19H17N5O3S/c1-27-15-9-7-14(8-10-15)18(26)21-19-24-23-17(28-19)11-16(25)22-20-12-13-5-3-2-4-6-13/h2-10,12H,11H2,1H3,(H,22,25)(H,21,24,26). The topological polar surface area (TPSA) is 106 Å². The SMILES string of the molecule is COc1ccc(C(=O)Nc2nnc(CC(=O)NN=Cc3ccccc3)s2)cc1. The Morgan fingerprint density at radius 3 is 2.57 bits per heavy atom. The van der Waals surface area contributed by atoms with Gasteiger partial charge in [0.05, 0.1) is 19.7 Å². The van der Waals surface area contributed by atoms with Gasteiger partial charge in [-0.05, 0) is 29.8 Å². The first-order chi connectivity index (χ1) is 13.6. The first kappa shape index (κ1) is 19.2. The normalized spacial score (nSPS) is 10.6. The summed E-state index contributed by atoms with van der Waals surface area (Å²) >= 11 is 1.13. The smallest absolute Gasteiger partial charge is 0.257 e. The second-order valence-electron chi connectivity index (χ2n) is 5.56. The zero-order chi connectivity index (χ0) is 19.8. The van der Waals surface area contributed by atoms with Gasteiger partial charge in [-0.25, -0.2) is 5.43 Å². The molecule has 2 N–H and O–H groups in total. The van der Waals surface area contributed by atoms with Gasteiger partial charge in [0.1, 0.15) is 10.8 Å². The van der Waals surface area contributed by atoms with E-state index in [2.05, 4.69) is 26.0 Å². The van der Waals surface area contributed by atoms with Gasteiger partial charge >= 0.3 is 0 Å². The maximum atomic E-state index is 12.2. The van der Waals surface area contributed by atoms with Crippen molar-refractivity contribution >= 4 is 34.5 Å². The molecule has 0 saturated carbocycles. The van der Waals surface area contributed by atoms with Gasteiger partial charge in [0.25, 0.3) is 5.91 Å². The van der Waals surface area contributed by atoms with Crippen molar-refractivity contribution in [1.29, 1.82) is 0 Å². The highest BCUT2D eigenvalue weighted by molar-refractivity contribution is 7.15. The molecule has 0 bridgehead atoms. The highest BCUT2D eigenvalue weighted by Gasteiger charge is 2.12. The molecule has 3 rings (SSSR count). The number of aromatic nitrogens is 2. The van der Waals surface area contributed by atoms with E-state index in [1.54, 1.807) is 37.6 Å². The van der Waals surface area contributed by atoms with Crippen molar-refractivity contribution in [1.82, 2.24) is 15.6 Å². The minimum absolute atomic E-state index is 0.0161. The lowest BCUT2D eigenvalue weighted by Crippen LogP contribution is -2.19. The van der Waals surface area contributed by atoms with E-state index >= 15 is 0 Å². The molecule has 8 nitrogen and oxygen atoms in total. The third-order valence-electron chi connectivity index (χ3n) is 3.55. The molecular formula is C19H17N5O3S. The summed E-state index contributed by atoms with van der Waals surface area (Å²) in [7, 11) is 1.56. The largest absolute Gasteiger partial charge is 0.497 e. The van der Waals surface area contributed by atoms with E-state index in [-0.39, 0.29) is 18.2 Å². The van der Waals surface area contributed by atoms with Crippen molar-refractivity contribution in [3.8, 4) is 5.75 Å². The quantitative estimate of drug-likeness (QED) is 0.472. The van der Waals surface area contributed by atoms with Crippen LogP contribution in [0.4, 0.5) is 5.13 Å². The van der Waals surface area contributed by atoms with Crippen LogP contribution in [-0.4, -0.2) is 35.3 Å². The molecule has 0 saturated heterocycles. The highest BCUT2D eigenvalue weighted by Crippen LogP contribution is 2.18. The van der Waals surface area contributed by atoms with Gasteiger partial charge in [-0.15, -0.1) is 10.2 Å². The van der Waals surface area contributed by atoms with Crippen LogP contribution in [0.3, 0.4) is 0 Å². The van der Waals surface area contributed by atoms with Crippen LogP contribution in [0.15, 0.2) is 59.7 Å². The van der Waals surface area contributed by atoms with Crippen LogP contribution in [0.2, 0.25) is 0 Å². The highest BCUT2D eigenvalue weighted by atomic mass is 32.1. The third kappa shape index (κ3) is 5.45. The Balaban J connectivity index is 1.51. The molecule has 142 valence electrons. The molecule has 0 aliphatic rings. The summed E-state index contributed by atoms with van der Waals surface area (Å²) in [4.78, 5) is 24.1. The molecule has 0 fully saturated rings. The first-order valence-corrected chi connectivity index (χ1v) is 9.10. The second kappa shape index (κ2) is 9.38. The lowest BCUT2D eigenvalue weighted by atomic mass is 10.2. The fraction of sp³-hybridized carbons (Fsp3) is 0.105. The number of anilines is 1. The van der Waals surface area contributed by atoms with Gasteiger partial charge in [0, 0.05) is 5.56 Å². The number of hydrazone groups is 1. The average molecular weight is 395 g/mol. The number of ether oxygens (including phenoxy) is 1. The second-order valence-corrected chi connectivity index (χ2v) is 6.63. The number of amides is 2. The van der Waals surface area contributed by atoms with Gasteiger partial charge in [-0.1, -0.05) is 41.7 Å². The Morgan fingerprint density at radius 2 is 1.86 bits per heavy atom. The maximum Gasteiger partial charge on any atom is 0.257 e. The van der Waals surface area contributed by atoms with Crippen LogP contribution in [0.1, 0.15) is 20.9 Å². The number of carbonyl (C=O) groups excluding carboxylic acids is 2. The van der Waals surface area contributed by atoms with Crippen molar-refractivity contribution in [3.63, 3.8) is 0 Å². The molecule has 1 aromatic heterocycles. The van der Waals surface area contributed by atoms with Crippen LogP contribution in [0.25, 0.3) is 0 Å². The van der Waals surface area contributed by atoms with Crippen LogP contribution >= 0.6 is 11.3 Å². The molecular weight excluding hydrogens is 378 g/mol. The molecule has 0 aliphatic carbocycles. The van der Waals surface area contributed by atoms with Crippen molar-refractivity contribution < 1.29 is 14.3 Å². The summed E-state index contributed by atoms with van der Waals surface area (Å²) in [5.74, 6) is 0.0225. The van der Waals surface area contributed by atoms with Gasteiger partial charge in [-0.3, -0.25) is 14.9 Å². The molecule has 0 unspecified atom stereocenters. The van der Waals surface area contributed by atoms with E-state index in [1.807, 2.05) is 30.3 Å². The van der Waals surface area contributed by atoms with Crippen LogP contribution in [0, 0.1) is 0 Å². The Kier molecular flexibility index (Phi) is 6.42. The maximum absolute atomic E-state index is 12.2. The first-order valence-electron chi connectivity index (χ1n) is 8.29. The molecule has 1 heterocycles. The molecule has 9 heteroatoms. The fourth-order valence-corrected chi connectivity index (χ4v) is 2.92. The van der Waals surface area contributed by atoms with Crippen molar-refractivity contribution in [2.24, 2.45) is 5.10 Å². The summed E-state index contributed by atoms with van der Waals surface area (Å²) in [6.07, 6.45) is 1.57. The van der Waals surface area contributed by atoms with E-state index < -0.39 is 0 Å².